The van der Waals surface area contributed by atoms with Crippen LogP contribution in [0.2, 0.25) is 0 Å². The molecule has 72 valence electrons. The van der Waals surface area contributed by atoms with Crippen molar-refractivity contribution in [3.63, 3.8) is 0 Å². The van der Waals surface area contributed by atoms with Crippen molar-refractivity contribution in [2.24, 2.45) is 0 Å². The summed E-state index contributed by atoms with van der Waals surface area (Å²) in [7, 11) is 0. The highest BCUT2D eigenvalue weighted by Gasteiger charge is 2.07. The molecule has 0 bridgehead atoms. The number of carbonyl (C=O) groups is 1. The van der Waals surface area contributed by atoms with Gasteiger partial charge >= 0.3 is 0 Å². The first kappa shape index (κ1) is 10.7. The molecule has 0 aliphatic heterocycles. The number of Topliss-reactive ketones (excluding diaryl/α,β-unsaturated/α-hetero) is 1. The van der Waals surface area contributed by atoms with Crippen LogP contribution in [0.25, 0.3) is 0 Å². The number of benzene rings is 1. The van der Waals surface area contributed by atoms with Gasteiger partial charge in [-0.2, -0.15) is 5.26 Å². The van der Waals surface area contributed by atoms with Crippen LogP contribution in [0.5, 0.6) is 0 Å². The molecule has 1 aromatic rings. The molecule has 0 N–H and O–H groups in total. The van der Waals surface area contributed by atoms with Crippen LogP contribution in [0.3, 0.4) is 0 Å². The molecule has 1 aromatic carbocycles. The predicted octanol–water partition coefficient (Wildman–Crippen LogP) is 2.22. The maximum absolute atomic E-state index is 11.1. The molecular formula is C11H10ClNO. The lowest BCUT2D eigenvalue weighted by Gasteiger charge is -2.04. The van der Waals surface area contributed by atoms with E-state index in [-0.39, 0.29) is 11.7 Å². The van der Waals surface area contributed by atoms with E-state index in [0.29, 0.717) is 12.0 Å². The average molecular weight is 208 g/mol. The van der Waals surface area contributed by atoms with Gasteiger partial charge in [0.05, 0.1) is 17.5 Å². The number of hydrogen-bond acceptors (Lipinski definition) is 2. The zero-order chi connectivity index (χ0) is 10.6. The van der Waals surface area contributed by atoms with Crippen LogP contribution in [0.15, 0.2) is 18.2 Å². The smallest absolute Gasteiger partial charge is 0.151 e. The highest BCUT2D eigenvalue weighted by molar-refractivity contribution is 6.27. The summed E-state index contributed by atoms with van der Waals surface area (Å²) in [5, 5.41) is 8.77. The first-order chi connectivity index (χ1) is 6.69. The van der Waals surface area contributed by atoms with E-state index in [1.54, 1.807) is 12.1 Å². The topological polar surface area (TPSA) is 40.9 Å². The van der Waals surface area contributed by atoms with Gasteiger partial charge in [0.25, 0.3) is 0 Å². The Balaban J connectivity index is 2.99. The molecule has 0 aliphatic rings. The predicted molar refractivity (Wildman–Crippen MR) is 55.3 cm³/mol. The second-order valence-corrected chi connectivity index (χ2v) is 3.32. The Morgan fingerprint density at radius 1 is 1.57 bits per heavy atom. The number of halogens is 1. The van der Waals surface area contributed by atoms with E-state index < -0.39 is 0 Å². The van der Waals surface area contributed by atoms with Crippen molar-refractivity contribution in [3.05, 3.63) is 34.9 Å². The van der Waals surface area contributed by atoms with Gasteiger partial charge in [-0.15, -0.1) is 11.6 Å². The lowest BCUT2D eigenvalue weighted by molar-refractivity contribution is -0.116. The Morgan fingerprint density at radius 3 is 2.86 bits per heavy atom. The van der Waals surface area contributed by atoms with E-state index in [9.17, 15) is 4.79 Å². The SMILES string of the molecule is Cc1c(C#N)cccc1CC(=O)CCl. The number of alkyl halides is 1. The Morgan fingerprint density at radius 2 is 2.29 bits per heavy atom. The van der Waals surface area contributed by atoms with Crippen LogP contribution < -0.4 is 0 Å². The summed E-state index contributed by atoms with van der Waals surface area (Å²) < 4.78 is 0. The summed E-state index contributed by atoms with van der Waals surface area (Å²) in [6.07, 6.45) is 0.310. The standard InChI is InChI=1S/C11H10ClNO/c1-8-9(5-11(14)6-12)3-2-4-10(8)7-13/h2-4H,5-6H2,1H3. The van der Waals surface area contributed by atoms with Crippen molar-refractivity contribution in [1.82, 2.24) is 0 Å². The third-order valence-electron chi connectivity index (χ3n) is 2.10. The second-order valence-electron chi connectivity index (χ2n) is 3.05. The number of rotatable bonds is 3. The third kappa shape index (κ3) is 2.34. The molecule has 0 saturated heterocycles. The summed E-state index contributed by atoms with van der Waals surface area (Å²) in [4.78, 5) is 11.1. The summed E-state index contributed by atoms with van der Waals surface area (Å²) in [6.45, 7) is 1.84. The van der Waals surface area contributed by atoms with Crippen LogP contribution in [0.4, 0.5) is 0 Å². The Kier molecular flexibility index (Phi) is 3.67. The molecular weight excluding hydrogens is 198 g/mol. The van der Waals surface area contributed by atoms with Gasteiger partial charge in [0.2, 0.25) is 0 Å². The molecule has 0 aromatic heterocycles. The average Bonchev–Trinajstić information content (AvgIpc) is 2.21. The van der Waals surface area contributed by atoms with Crippen molar-refractivity contribution >= 4 is 17.4 Å². The van der Waals surface area contributed by atoms with E-state index in [1.165, 1.54) is 0 Å². The molecule has 2 nitrogen and oxygen atoms in total. The van der Waals surface area contributed by atoms with Gasteiger partial charge in [-0.3, -0.25) is 4.79 Å². The molecule has 0 aliphatic carbocycles. The lowest BCUT2D eigenvalue weighted by Crippen LogP contribution is -2.05. The Hall–Kier alpha value is -1.33. The van der Waals surface area contributed by atoms with E-state index in [0.717, 1.165) is 11.1 Å². The molecule has 0 amide bonds. The van der Waals surface area contributed by atoms with Crippen LogP contribution in [-0.2, 0) is 11.2 Å². The molecule has 0 radical (unpaired) electrons. The highest BCUT2D eigenvalue weighted by atomic mass is 35.5. The normalized spacial score (nSPS) is 9.50. The number of ketones is 1. The third-order valence-corrected chi connectivity index (χ3v) is 2.40. The number of nitrogens with zero attached hydrogens (tertiary/aromatic N) is 1. The first-order valence-electron chi connectivity index (χ1n) is 4.25. The van der Waals surface area contributed by atoms with Gasteiger partial charge in [0.15, 0.2) is 5.78 Å². The molecule has 0 atom stereocenters. The van der Waals surface area contributed by atoms with E-state index >= 15 is 0 Å². The zero-order valence-electron chi connectivity index (χ0n) is 7.88. The molecule has 0 heterocycles. The maximum atomic E-state index is 11.1. The van der Waals surface area contributed by atoms with Crippen molar-refractivity contribution in [2.45, 2.75) is 13.3 Å². The van der Waals surface area contributed by atoms with Crippen LogP contribution in [0, 0.1) is 18.3 Å². The number of carbonyl (C=O) groups excluding carboxylic acids is 1. The van der Waals surface area contributed by atoms with E-state index in [1.807, 2.05) is 13.0 Å². The van der Waals surface area contributed by atoms with Crippen molar-refractivity contribution < 1.29 is 4.79 Å². The van der Waals surface area contributed by atoms with Gasteiger partial charge in [-0.05, 0) is 24.1 Å². The minimum absolute atomic E-state index is 0.0233. The fraction of sp³-hybridized carbons (Fsp3) is 0.273. The Bertz CT molecular complexity index is 393. The fourth-order valence-electron chi connectivity index (χ4n) is 1.26. The van der Waals surface area contributed by atoms with Gasteiger partial charge in [0, 0.05) is 6.42 Å². The second kappa shape index (κ2) is 4.78. The van der Waals surface area contributed by atoms with Gasteiger partial charge in [-0.1, -0.05) is 12.1 Å². The van der Waals surface area contributed by atoms with E-state index in [2.05, 4.69) is 6.07 Å². The first-order valence-corrected chi connectivity index (χ1v) is 4.78. The monoisotopic (exact) mass is 207 g/mol. The van der Waals surface area contributed by atoms with Gasteiger partial charge < -0.3 is 0 Å². The van der Waals surface area contributed by atoms with Crippen LogP contribution >= 0.6 is 11.6 Å². The zero-order valence-corrected chi connectivity index (χ0v) is 8.64. The lowest BCUT2D eigenvalue weighted by atomic mass is 9.99. The quantitative estimate of drug-likeness (QED) is 0.714. The van der Waals surface area contributed by atoms with Gasteiger partial charge in [0.1, 0.15) is 0 Å². The van der Waals surface area contributed by atoms with Crippen LogP contribution in [0.1, 0.15) is 16.7 Å². The summed E-state index contributed by atoms with van der Waals surface area (Å²) >= 11 is 5.41. The Labute approximate surface area is 88.1 Å². The molecule has 1 rings (SSSR count). The maximum Gasteiger partial charge on any atom is 0.151 e. The van der Waals surface area contributed by atoms with Crippen molar-refractivity contribution in [3.8, 4) is 6.07 Å². The molecule has 0 spiro atoms. The largest absolute Gasteiger partial charge is 0.298 e. The summed E-state index contributed by atoms with van der Waals surface area (Å²) in [5.74, 6) is 0.000748. The highest BCUT2D eigenvalue weighted by Crippen LogP contribution is 2.13. The minimum Gasteiger partial charge on any atom is -0.298 e. The fourth-order valence-corrected chi connectivity index (χ4v) is 1.35. The van der Waals surface area contributed by atoms with Crippen LogP contribution in [-0.4, -0.2) is 11.7 Å². The summed E-state index contributed by atoms with van der Waals surface area (Å²) in [6, 6.07) is 7.45. The van der Waals surface area contributed by atoms with Gasteiger partial charge in [-0.25, -0.2) is 0 Å². The van der Waals surface area contributed by atoms with E-state index in [4.69, 9.17) is 16.9 Å². The molecule has 14 heavy (non-hydrogen) atoms. The van der Waals surface area contributed by atoms with Crippen molar-refractivity contribution in [1.29, 1.82) is 5.26 Å². The number of nitriles is 1. The molecule has 3 heteroatoms. The summed E-state index contributed by atoms with van der Waals surface area (Å²) in [5.41, 5.74) is 2.37. The molecule has 0 unspecified atom stereocenters. The number of hydrogen-bond donors (Lipinski definition) is 0. The van der Waals surface area contributed by atoms with Crippen molar-refractivity contribution in [2.75, 3.05) is 5.88 Å². The molecule has 0 fully saturated rings. The molecule has 0 saturated carbocycles. The minimum atomic E-state index is -0.0233.